The zero-order valence-electron chi connectivity index (χ0n) is 14.9. The first-order valence-corrected chi connectivity index (χ1v) is 8.24. The Morgan fingerprint density at radius 3 is 2.41 bits per heavy atom. The van der Waals surface area contributed by atoms with Gasteiger partial charge < -0.3 is 19.7 Å². The van der Waals surface area contributed by atoms with E-state index in [1.807, 2.05) is 20.8 Å². The normalized spacial score (nSPS) is 18.3. The molecule has 1 aliphatic heterocycles. The largest absolute Gasteiger partial charge is 0.444 e. The number of hydrogen-bond donors (Lipinski definition) is 1. The van der Waals surface area contributed by atoms with Crippen molar-refractivity contribution in [2.24, 2.45) is 0 Å². The Morgan fingerprint density at radius 1 is 1.23 bits per heavy atom. The molecule has 1 atom stereocenters. The maximum absolute atomic E-state index is 12.0. The minimum atomic E-state index is -0.420. The summed E-state index contributed by atoms with van der Waals surface area (Å²) in [5, 5.41) is 3.50. The third kappa shape index (κ3) is 7.96. The van der Waals surface area contributed by atoms with Crippen LogP contribution in [0, 0.1) is 0 Å². The van der Waals surface area contributed by atoms with E-state index in [0.717, 1.165) is 52.3 Å². The molecule has 0 aromatic rings. The van der Waals surface area contributed by atoms with Crippen LogP contribution in [0.2, 0.25) is 0 Å². The summed E-state index contributed by atoms with van der Waals surface area (Å²) in [6.07, 6.45) is 0.835. The van der Waals surface area contributed by atoms with Gasteiger partial charge in [0.25, 0.3) is 0 Å². The number of carbonyl (C=O) groups is 1. The summed E-state index contributed by atoms with van der Waals surface area (Å²) < 4.78 is 10.5. The van der Waals surface area contributed by atoms with E-state index in [-0.39, 0.29) is 6.09 Å². The fourth-order valence-corrected chi connectivity index (χ4v) is 2.35. The predicted octanol–water partition coefficient (Wildman–Crippen LogP) is 1.55. The Bertz CT molecular complexity index is 323. The summed E-state index contributed by atoms with van der Waals surface area (Å²) in [7, 11) is 1.73. The van der Waals surface area contributed by atoms with Gasteiger partial charge in [-0.1, -0.05) is 0 Å². The van der Waals surface area contributed by atoms with Crippen LogP contribution in [0.5, 0.6) is 0 Å². The molecule has 22 heavy (non-hydrogen) atoms. The van der Waals surface area contributed by atoms with Crippen LogP contribution in [0.25, 0.3) is 0 Å². The molecule has 1 amide bonds. The fraction of sp³-hybridized carbons (Fsp3) is 0.938. The highest BCUT2D eigenvalue weighted by Crippen LogP contribution is 2.11. The van der Waals surface area contributed by atoms with Crippen LogP contribution in [0.15, 0.2) is 0 Å². The average molecular weight is 315 g/mol. The van der Waals surface area contributed by atoms with Crippen molar-refractivity contribution < 1.29 is 14.3 Å². The van der Waals surface area contributed by atoms with Crippen molar-refractivity contribution >= 4 is 6.09 Å². The van der Waals surface area contributed by atoms with Gasteiger partial charge in [-0.15, -0.1) is 0 Å². The molecule has 1 unspecified atom stereocenters. The number of amides is 1. The maximum Gasteiger partial charge on any atom is 0.410 e. The van der Waals surface area contributed by atoms with Gasteiger partial charge in [0.2, 0.25) is 0 Å². The van der Waals surface area contributed by atoms with E-state index >= 15 is 0 Å². The van der Waals surface area contributed by atoms with Crippen molar-refractivity contribution in [3.8, 4) is 0 Å². The minimum Gasteiger partial charge on any atom is -0.444 e. The number of rotatable bonds is 7. The quantitative estimate of drug-likeness (QED) is 0.772. The lowest BCUT2D eigenvalue weighted by atomic mass is 10.2. The van der Waals surface area contributed by atoms with E-state index in [0.29, 0.717) is 6.04 Å². The molecule has 1 fully saturated rings. The lowest BCUT2D eigenvalue weighted by Gasteiger charge is -2.35. The van der Waals surface area contributed by atoms with Crippen LogP contribution < -0.4 is 5.32 Å². The average Bonchev–Trinajstić information content (AvgIpc) is 2.44. The van der Waals surface area contributed by atoms with Crippen molar-refractivity contribution in [3.05, 3.63) is 0 Å². The molecular formula is C16H33N3O3. The summed E-state index contributed by atoms with van der Waals surface area (Å²) in [5.74, 6) is 0. The molecular weight excluding hydrogens is 282 g/mol. The van der Waals surface area contributed by atoms with Crippen molar-refractivity contribution in [3.63, 3.8) is 0 Å². The zero-order chi connectivity index (χ0) is 16.6. The molecule has 0 aromatic heterocycles. The van der Waals surface area contributed by atoms with Gasteiger partial charge in [-0.2, -0.15) is 0 Å². The molecule has 1 aliphatic rings. The molecule has 1 saturated heterocycles. The summed E-state index contributed by atoms with van der Waals surface area (Å²) in [6, 6.07) is 0.475. The first-order chi connectivity index (χ1) is 10.3. The second-order valence-electron chi connectivity index (χ2n) is 6.95. The van der Waals surface area contributed by atoms with Crippen molar-refractivity contribution in [1.29, 1.82) is 0 Å². The van der Waals surface area contributed by atoms with Gasteiger partial charge in [-0.05, 0) is 34.1 Å². The lowest BCUT2D eigenvalue weighted by Crippen LogP contribution is -2.51. The highest BCUT2D eigenvalue weighted by Gasteiger charge is 2.25. The van der Waals surface area contributed by atoms with E-state index < -0.39 is 5.60 Å². The first kappa shape index (κ1) is 19.2. The molecule has 0 saturated carbocycles. The molecule has 130 valence electrons. The lowest BCUT2D eigenvalue weighted by molar-refractivity contribution is 0.0146. The van der Waals surface area contributed by atoms with E-state index in [4.69, 9.17) is 9.47 Å². The van der Waals surface area contributed by atoms with Crippen LogP contribution in [0.3, 0.4) is 0 Å². The predicted molar refractivity (Wildman–Crippen MR) is 88.2 cm³/mol. The minimum absolute atomic E-state index is 0.196. The second-order valence-corrected chi connectivity index (χ2v) is 6.95. The van der Waals surface area contributed by atoms with Crippen molar-refractivity contribution in [2.75, 3.05) is 53.0 Å². The summed E-state index contributed by atoms with van der Waals surface area (Å²) in [5.41, 5.74) is -0.420. The monoisotopic (exact) mass is 315 g/mol. The van der Waals surface area contributed by atoms with Gasteiger partial charge in [0, 0.05) is 59.0 Å². The Hall–Kier alpha value is -0.850. The van der Waals surface area contributed by atoms with Crippen molar-refractivity contribution in [2.45, 2.75) is 45.8 Å². The molecule has 0 aromatic carbocycles. The Morgan fingerprint density at radius 2 is 1.86 bits per heavy atom. The highest BCUT2D eigenvalue weighted by atomic mass is 16.6. The van der Waals surface area contributed by atoms with Crippen LogP contribution in [0.1, 0.15) is 34.1 Å². The summed E-state index contributed by atoms with van der Waals surface area (Å²) in [4.78, 5) is 16.2. The van der Waals surface area contributed by atoms with Gasteiger partial charge in [0.1, 0.15) is 5.60 Å². The van der Waals surface area contributed by atoms with Gasteiger partial charge >= 0.3 is 6.09 Å². The number of nitrogens with zero attached hydrogens (tertiary/aromatic N) is 2. The Kier molecular flexibility index (Phi) is 8.14. The van der Waals surface area contributed by atoms with E-state index in [2.05, 4.69) is 17.1 Å². The Labute approximate surface area is 135 Å². The van der Waals surface area contributed by atoms with E-state index in [1.165, 1.54) is 0 Å². The zero-order valence-corrected chi connectivity index (χ0v) is 14.9. The number of nitrogens with one attached hydrogen (secondary N) is 1. The molecule has 0 aliphatic carbocycles. The van der Waals surface area contributed by atoms with E-state index in [1.54, 1.807) is 12.0 Å². The highest BCUT2D eigenvalue weighted by molar-refractivity contribution is 5.68. The Balaban J connectivity index is 2.16. The fourth-order valence-electron chi connectivity index (χ4n) is 2.35. The number of ether oxygens (including phenoxy) is 2. The SMILES string of the molecule is COCCC(C)NCCN1CCN(C(=O)OC(C)(C)C)CC1. The van der Waals surface area contributed by atoms with Gasteiger partial charge in [-0.3, -0.25) is 4.90 Å². The van der Waals surface area contributed by atoms with Gasteiger partial charge in [0.05, 0.1) is 0 Å². The smallest absolute Gasteiger partial charge is 0.410 e. The summed E-state index contributed by atoms with van der Waals surface area (Å²) in [6.45, 7) is 14.0. The molecule has 0 bridgehead atoms. The van der Waals surface area contributed by atoms with Gasteiger partial charge in [0.15, 0.2) is 0 Å². The molecule has 1 N–H and O–H groups in total. The van der Waals surface area contributed by atoms with Crippen LogP contribution in [-0.2, 0) is 9.47 Å². The molecule has 0 radical (unpaired) electrons. The second kappa shape index (κ2) is 9.33. The topological polar surface area (TPSA) is 54.0 Å². The molecule has 6 nitrogen and oxygen atoms in total. The van der Waals surface area contributed by atoms with Crippen LogP contribution in [-0.4, -0.2) is 80.5 Å². The molecule has 0 spiro atoms. The van der Waals surface area contributed by atoms with Crippen LogP contribution in [0.4, 0.5) is 4.79 Å². The number of carbonyl (C=O) groups excluding carboxylic acids is 1. The van der Waals surface area contributed by atoms with Crippen LogP contribution >= 0.6 is 0 Å². The summed E-state index contributed by atoms with van der Waals surface area (Å²) >= 11 is 0. The number of hydrogen-bond acceptors (Lipinski definition) is 5. The molecule has 1 rings (SSSR count). The van der Waals surface area contributed by atoms with Crippen molar-refractivity contribution in [1.82, 2.24) is 15.1 Å². The number of methoxy groups -OCH3 is 1. The number of piperazine rings is 1. The standard InChI is InChI=1S/C16H33N3O3/c1-14(6-13-21-5)17-7-8-18-9-11-19(12-10-18)15(20)22-16(2,3)4/h14,17H,6-13H2,1-5H3. The first-order valence-electron chi connectivity index (χ1n) is 8.24. The van der Waals surface area contributed by atoms with Gasteiger partial charge in [-0.25, -0.2) is 4.79 Å². The van der Waals surface area contributed by atoms with E-state index in [9.17, 15) is 4.79 Å². The maximum atomic E-state index is 12.0. The molecule has 1 heterocycles. The third-order valence-electron chi connectivity index (χ3n) is 3.70. The molecule has 6 heteroatoms. The third-order valence-corrected chi connectivity index (χ3v) is 3.70.